The number of carbonyl (C=O) groups is 2. The maximum atomic E-state index is 13.0. The lowest BCUT2D eigenvalue weighted by Gasteiger charge is -2.55. The Morgan fingerprint density at radius 1 is 1.16 bits per heavy atom. The van der Waals surface area contributed by atoms with E-state index in [1.807, 2.05) is 0 Å². The van der Waals surface area contributed by atoms with E-state index >= 15 is 0 Å². The van der Waals surface area contributed by atoms with Crippen molar-refractivity contribution in [2.75, 3.05) is 11.9 Å². The van der Waals surface area contributed by atoms with Crippen LogP contribution in [0.5, 0.6) is 0 Å². The number of fused-ring (bicyclic) bond motifs is 1. The number of carbonyl (C=O) groups excluding carboxylic acids is 2. The summed E-state index contributed by atoms with van der Waals surface area (Å²) in [4.78, 5) is 26.9. The first-order chi connectivity index (χ1) is 15.2. The van der Waals surface area contributed by atoms with Crippen LogP contribution in [-0.4, -0.2) is 18.5 Å². The monoisotopic (exact) mass is 454 g/mol. The van der Waals surface area contributed by atoms with Crippen molar-refractivity contribution in [1.29, 1.82) is 5.26 Å². The predicted molar refractivity (Wildman–Crippen MR) is 124 cm³/mol. The fourth-order valence-corrected chi connectivity index (χ4v) is 8.63. The molecule has 0 spiro atoms. The number of thiophene rings is 1. The number of amides is 1. The van der Waals surface area contributed by atoms with Crippen LogP contribution in [0.2, 0.25) is 0 Å². The molecule has 1 heterocycles. The minimum Gasteiger partial charge on any atom is -0.455 e. The zero-order valence-corrected chi connectivity index (χ0v) is 20.3. The van der Waals surface area contributed by atoms with Crippen molar-refractivity contribution in [3.05, 3.63) is 16.0 Å². The van der Waals surface area contributed by atoms with Crippen molar-refractivity contribution in [3.63, 3.8) is 0 Å². The number of esters is 1. The van der Waals surface area contributed by atoms with Gasteiger partial charge in [0, 0.05) is 4.88 Å². The summed E-state index contributed by atoms with van der Waals surface area (Å²) in [5, 5.41) is 13.2. The highest BCUT2D eigenvalue weighted by atomic mass is 32.1. The summed E-state index contributed by atoms with van der Waals surface area (Å²) in [5.41, 5.74) is 1.57. The van der Waals surface area contributed by atoms with Crippen molar-refractivity contribution < 1.29 is 14.3 Å². The van der Waals surface area contributed by atoms with E-state index in [0.29, 0.717) is 34.2 Å². The van der Waals surface area contributed by atoms with Gasteiger partial charge in [-0.05, 0) is 92.4 Å². The first-order valence-corrected chi connectivity index (χ1v) is 13.0. The highest BCUT2D eigenvalue weighted by Gasteiger charge is 2.55. The number of anilines is 1. The molecule has 1 atom stereocenters. The van der Waals surface area contributed by atoms with Gasteiger partial charge in [-0.2, -0.15) is 5.26 Å². The molecule has 4 saturated carbocycles. The van der Waals surface area contributed by atoms with E-state index in [2.05, 4.69) is 32.2 Å². The summed E-state index contributed by atoms with van der Waals surface area (Å²) in [6, 6.07) is 2.30. The third kappa shape index (κ3) is 3.87. The van der Waals surface area contributed by atoms with Crippen LogP contribution in [0.4, 0.5) is 5.00 Å². The molecule has 5 aliphatic rings. The zero-order valence-electron chi connectivity index (χ0n) is 19.5. The van der Waals surface area contributed by atoms with Crippen LogP contribution in [-0.2, 0) is 27.2 Å². The van der Waals surface area contributed by atoms with Crippen molar-refractivity contribution in [1.82, 2.24) is 0 Å². The Morgan fingerprint density at radius 2 is 1.78 bits per heavy atom. The lowest BCUT2D eigenvalue weighted by molar-refractivity contribution is -0.172. The first kappa shape index (κ1) is 21.9. The molecule has 0 aliphatic heterocycles. The molecular weight excluding hydrogens is 420 g/mol. The summed E-state index contributed by atoms with van der Waals surface area (Å²) in [5.74, 6) is 2.04. The second-order valence-corrected chi connectivity index (χ2v) is 13.1. The summed E-state index contributed by atoms with van der Waals surface area (Å²) in [6.07, 6.45) is 9.51. The van der Waals surface area contributed by atoms with Gasteiger partial charge in [0.1, 0.15) is 11.1 Å². The number of nitrogens with one attached hydrogen (secondary N) is 1. The Bertz CT molecular complexity index is 945. The second-order valence-electron chi connectivity index (χ2n) is 11.9. The third-order valence-electron chi connectivity index (χ3n) is 8.66. The topological polar surface area (TPSA) is 79.2 Å². The van der Waals surface area contributed by atoms with Crippen LogP contribution < -0.4 is 5.32 Å². The molecule has 4 bridgehead atoms. The summed E-state index contributed by atoms with van der Waals surface area (Å²) in [7, 11) is 0. The van der Waals surface area contributed by atoms with Crippen molar-refractivity contribution in [2.24, 2.45) is 34.5 Å². The molecule has 0 aromatic carbocycles. The van der Waals surface area contributed by atoms with Crippen molar-refractivity contribution in [3.8, 4) is 6.07 Å². The first-order valence-electron chi connectivity index (χ1n) is 12.2. The van der Waals surface area contributed by atoms with E-state index in [0.717, 1.165) is 44.1 Å². The molecule has 4 fully saturated rings. The van der Waals surface area contributed by atoms with Crippen LogP contribution in [0.1, 0.15) is 81.7 Å². The Morgan fingerprint density at radius 3 is 2.34 bits per heavy atom. The highest BCUT2D eigenvalue weighted by molar-refractivity contribution is 7.16. The molecule has 5 aliphatic carbocycles. The van der Waals surface area contributed by atoms with E-state index in [1.165, 1.54) is 35.5 Å². The van der Waals surface area contributed by atoms with E-state index in [4.69, 9.17) is 4.74 Å². The molecule has 6 heteroatoms. The minimum atomic E-state index is -0.350. The average Bonchev–Trinajstić information content (AvgIpc) is 3.06. The number of nitriles is 1. The van der Waals surface area contributed by atoms with Gasteiger partial charge in [0.05, 0.1) is 11.0 Å². The van der Waals surface area contributed by atoms with Gasteiger partial charge in [-0.3, -0.25) is 9.59 Å². The minimum absolute atomic E-state index is 0.175. The van der Waals surface area contributed by atoms with Gasteiger partial charge in [-0.15, -0.1) is 11.3 Å². The van der Waals surface area contributed by atoms with E-state index < -0.39 is 0 Å². The van der Waals surface area contributed by atoms with Gasteiger partial charge in [0.25, 0.3) is 5.91 Å². The Labute approximate surface area is 194 Å². The molecule has 1 N–H and O–H groups in total. The van der Waals surface area contributed by atoms with Crippen LogP contribution >= 0.6 is 11.3 Å². The molecule has 172 valence electrons. The van der Waals surface area contributed by atoms with Gasteiger partial charge in [0.2, 0.25) is 0 Å². The number of hydrogen-bond donors (Lipinski definition) is 1. The largest absolute Gasteiger partial charge is 0.455 e. The van der Waals surface area contributed by atoms with Crippen LogP contribution in [0, 0.1) is 45.8 Å². The average molecular weight is 455 g/mol. The standard InChI is InChI=1S/C26H34N2O3S/c1-25(2,3)18-4-5-19-20(13-27)23(32-21(19)9-18)28-22(29)14-31-24(30)26-10-15-6-16(11-26)8-17(7-15)12-26/h15-18H,4-12,14H2,1-3H3,(H,28,29)/t15?,16?,17?,18-,26?/m0/s1. The fourth-order valence-electron chi connectivity index (χ4n) is 7.34. The Balaban J connectivity index is 1.22. The summed E-state index contributed by atoms with van der Waals surface area (Å²) in [6.45, 7) is 6.53. The van der Waals surface area contributed by atoms with Crippen LogP contribution in [0.25, 0.3) is 0 Å². The number of hydrogen-bond acceptors (Lipinski definition) is 5. The molecule has 0 saturated heterocycles. The molecule has 0 radical (unpaired) electrons. The molecular formula is C26H34N2O3S. The lowest BCUT2D eigenvalue weighted by atomic mass is 9.49. The lowest BCUT2D eigenvalue weighted by Crippen LogP contribution is -2.50. The molecule has 32 heavy (non-hydrogen) atoms. The quantitative estimate of drug-likeness (QED) is 0.612. The fraction of sp³-hybridized carbons (Fsp3) is 0.731. The van der Waals surface area contributed by atoms with E-state index in [1.54, 1.807) is 0 Å². The van der Waals surface area contributed by atoms with Gasteiger partial charge >= 0.3 is 5.97 Å². The molecule has 5 nitrogen and oxygen atoms in total. The Hall–Kier alpha value is -1.87. The number of nitrogens with zero attached hydrogens (tertiary/aromatic N) is 1. The highest BCUT2D eigenvalue weighted by Crippen LogP contribution is 2.60. The maximum absolute atomic E-state index is 13.0. The van der Waals surface area contributed by atoms with Gasteiger partial charge < -0.3 is 10.1 Å². The number of ether oxygens (including phenoxy) is 1. The Kier molecular flexibility index (Phi) is 5.40. The normalized spacial score (nSPS) is 32.8. The smallest absolute Gasteiger partial charge is 0.312 e. The molecule has 1 amide bonds. The van der Waals surface area contributed by atoms with Gasteiger partial charge in [0.15, 0.2) is 6.61 Å². The molecule has 1 aromatic rings. The van der Waals surface area contributed by atoms with E-state index in [9.17, 15) is 14.9 Å². The van der Waals surface area contributed by atoms with Crippen molar-refractivity contribution in [2.45, 2.75) is 78.6 Å². The number of rotatable bonds is 4. The third-order valence-corrected chi connectivity index (χ3v) is 9.83. The molecule has 1 aromatic heterocycles. The van der Waals surface area contributed by atoms with Crippen LogP contribution in [0.15, 0.2) is 0 Å². The van der Waals surface area contributed by atoms with E-state index in [-0.39, 0.29) is 29.3 Å². The molecule has 0 unspecified atom stereocenters. The predicted octanol–water partition coefficient (Wildman–Crippen LogP) is 5.47. The molecule has 6 rings (SSSR count). The van der Waals surface area contributed by atoms with Crippen LogP contribution in [0.3, 0.4) is 0 Å². The summed E-state index contributed by atoms with van der Waals surface area (Å²) >= 11 is 1.52. The van der Waals surface area contributed by atoms with Gasteiger partial charge in [-0.25, -0.2) is 0 Å². The zero-order chi connectivity index (χ0) is 22.7. The van der Waals surface area contributed by atoms with Gasteiger partial charge in [-0.1, -0.05) is 20.8 Å². The maximum Gasteiger partial charge on any atom is 0.312 e. The summed E-state index contributed by atoms with van der Waals surface area (Å²) < 4.78 is 5.57. The second kappa shape index (κ2) is 7.87. The SMILES string of the molecule is CC(C)(C)[C@H]1CCc2c(sc(NC(=O)COC(=O)C34CC5CC(CC(C5)C3)C4)c2C#N)C1. The van der Waals surface area contributed by atoms with Crippen molar-refractivity contribution >= 4 is 28.2 Å².